The average molecular weight is 225 g/mol. The molecule has 0 aliphatic carbocycles. The number of aromatic nitrogens is 2. The van der Waals surface area contributed by atoms with E-state index in [1.54, 1.807) is 6.20 Å². The van der Waals surface area contributed by atoms with Crippen molar-refractivity contribution < 1.29 is 4.79 Å². The molecule has 0 bridgehead atoms. The maximum absolute atomic E-state index is 11.8. The Morgan fingerprint density at radius 2 is 2.60 bits per heavy atom. The number of nitrogens with one attached hydrogen (secondary N) is 2. The van der Waals surface area contributed by atoms with E-state index in [0.29, 0.717) is 11.6 Å². The van der Waals surface area contributed by atoms with Crippen molar-refractivity contribution in [1.82, 2.24) is 15.5 Å². The minimum absolute atomic E-state index is 0.00579. The molecule has 0 aromatic carbocycles. The molecule has 1 saturated heterocycles. The minimum atomic E-state index is -0.00579. The maximum Gasteiger partial charge on any atom is 0.254 e. The van der Waals surface area contributed by atoms with E-state index in [-0.39, 0.29) is 5.91 Å². The normalized spacial score (nSPS) is 21.3. The molecule has 1 aromatic rings. The van der Waals surface area contributed by atoms with E-state index in [9.17, 15) is 4.79 Å². The summed E-state index contributed by atoms with van der Waals surface area (Å²) >= 11 is 1.91. The fourth-order valence-electron chi connectivity index (χ4n) is 1.70. The van der Waals surface area contributed by atoms with Crippen molar-refractivity contribution in [1.29, 1.82) is 0 Å². The Morgan fingerprint density at radius 3 is 3.20 bits per heavy atom. The molecule has 1 fully saturated rings. The lowest BCUT2D eigenvalue weighted by molar-refractivity contribution is 0.0938. The van der Waals surface area contributed by atoms with Crippen molar-refractivity contribution in [3.05, 3.63) is 17.5 Å². The van der Waals surface area contributed by atoms with Crippen molar-refractivity contribution in [3.63, 3.8) is 0 Å². The molecule has 5 heteroatoms. The summed E-state index contributed by atoms with van der Waals surface area (Å²) < 4.78 is 0. The first-order chi connectivity index (χ1) is 7.27. The summed E-state index contributed by atoms with van der Waals surface area (Å²) in [5, 5.41) is 9.66. The number of hydrogen-bond acceptors (Lipinski definition) is 3. The number of aryl methyl sites for hydroxylation is 1. The van der Waals surface area contributed by atoms with Crippen LogP contribution in [0, 0.1) is 6.92 Å². The standard InChI is InChI=1S/C10H15N3OS/c1-7-9(5-11-13-7)10(14)12-8-3-2-4-15-6-8/h5,8H,2-4,6H2,1H3,(H,11,13)(H,12,14). The zero-order chi connectivity index (χ0) is 10.7. The van der Waals surface area contributed by atoms with Gasteiger partial charge in [-0.05, 0) is 25.5 Å². The Kier molecular flexibility index (Phi) is 3.30. The number of nitrogens with zero attached hydrogens (tertiary/aromatic N) is 1. The van der Waals surface area contributed by atoms with Gasteiger partial charge in [0.1, 0.15) is 0 Å². The van der Waals surface area contributed by atoms with E-state index in [1.165, 1.54) is 12.2 Å². The van der Waals surface area contributed by atoms with Gasteiger partial charge in [-0.25, -0.2) is 0 Å². The lowest BCUT2D eigenvalue weighted by Gasteiger charge is -2.22. The minimum Gasteiger partial charge on any atom is -0.348 e. The first-order valence-electron chi connectivity index (χ1n) is 5.16. The van der Waals surface area contributed by atoms with Gasteiger partial charge in [-0.2, -0.15) is 16.9 Å². The second-order valence-corrected chi connectivity index (χ2v) is 4.95. The van der Waals surface area contributed by atoms with Gasteiger partial charge in [0.25, 0.3) is 5.91 Å². The molecule has 0 radical (unpaired) electrons. The summed E-state index contributed by atoms with van der Waals surface area (Å²) in [4.78, 5) is 11.8. The molecule has 1 atom stereocenters. The summed E-state index contributed by atoms with van der Waals surface area (Å²) in [7, 11) is 0. The lowest BCUT2D eigenvalue weighted by Crippen LogP contribution is -2.38. The summed E-state index contributed by atoms with van der Waals surface area (Å²) in [5.41, 5.74) is 1.49. The molecule has 15 heavy (non-hydrogen) atoms. The second-order valence-electron chi connectivity index (χ2n) is 3.80. The number of hydrogen-bond donors (Lipinski definition) is 2. The zero-order valence-corrected chi connectivity index (χ0v) is 9.56. The molecular formula is C10H15N3OS. The van der Waals surface area contributed by atoms with Crippen LogP contribution in [0.1, 0.15) is 28.9 Å². The summed E-state index contributed by atoms with van der Waals surface area (Å²) in [6.45, 7) is 1.86. The van der Waals surface area contributed by atoms with Crippen LogP contribution < -0.4 is 5.32 Å². The topological polar surface area (TPSA) is 57.8 Å². The van der Waals surface area contributed by atoms with Crippen LogP contribution in [-0.4, -0.2) is 33.7 Å². The molecular weight excluding hydrogens is 210 g/mol. The van der Waals surface area contributed by atoms with Crippen LogP contribution in [0.3, 0.4) is 0 Å². The van der Waals surface area contributed by atoms with Crippen molar-refractivity contribution in [2.45, 2.75) is 25.8 Å². The van der Waals surface area contributed by atoms with Gasteiger partial charge in [-0.3, -0.25) is 9.89 Å². The average Bonchev–Trinajstić information content (AvgIpc) is 2.66. The Balaban J connectivity index is 1.94. The van der Waals surface area contributed by atoms with Gasteiger partial charge < -0.3 is 5.32 Å². The van der Waals surface area contributed by atoms with Crippen LogP contribution in [0.25, 0.3) is 0 Å². The second kappa shape index (κ2) is 4.70. The smallest absolute Gasteiger partial charge is 0.254 e. The van der Waals surface area contributed by atoms with Crippen LogP contribution in [0.2, 0.25) is 0 Å². The molecule has 0 saturated carbocycles. The number of amides is 1. The van der Waals surface area contributed by atoms with Crippen LogP contribution >= 0.6 is 11.8 Å². The summed E-state index contributed by atoms with van der Waals surface area (Å²) in [6.07, 6.45) is 3.87. The van der Waals surface area contributed by atoms with Crippen molar-refractivity contribution in [3.8, 4) is 0 Å². The Bertz CT molecular complexity index is 344. The molecule has 82 valence electrons. The molecule has 1 aliphatic heterocycles. The highest BCUT2D eigenvalue weighted by Crippen LogP contribution is 2.17. The van der Waals surface area contributed by atoms with E-state index in [4.69, 9.17) is 0 Å². The van der Waals surface area contributed by atoms with Crippen molar-refractivity contribution in [2.24, 2.45) is 0 Å². The van der Waals surface area contributed by atoms with Crippen LogP contribution in [0.15, 0.2) is 6.20 Å². The van der Waals surface area contributed by atoms with Gasteiger partial charge in [0, 0.05) is 17.5 Å². The van der Waals surface area contributed by atoms with Gasteiger partial charge in [-0.1, -0.05) is 0 Å². The third-order valence-electron chi connectivity index (χ3n) is 2.57. The molecule has 0 spiro atoms. The SMILES string of the molecule is Cc1[nH]ncc1C(=O)NC1CCCSC1. The first-order valence-corrected chi connectivity index (χ1v) is 6.31. The fraction of sp³-hybridized carbons (Fsp3) is 0.600. The Hall–Kier alpha value is -0.970. The number of aromatic amines is 1. The molecule has 1 aromatic heterocycles. The predicted octanol–water partition coefficient (Wildman–Crippen LogP) is 1.34. The van der Waals surface area contributed by atoms with E-state index in [0.717, 1.165) is 17.9 Å². The molecule has 1 aliphatic rings. The quantitative estimate of drug-likeness (QED) is 0.798. The van der Waals surface area contributed by atoms with Gasteiger partial charge in [-0.15, -0.1) is 0 Å². The summed E-state index contributed by atoms with van der Waals surface area (Å²) in [6, 6.07) is 0.325. The molecule has 2 heterocycles. The zero-order valence-electron chi connectivity index (χ0n) is 8.75. The van der Waals surface area contributed by atoms with E-state index >= 15 is 0 Å². The Morgan fingerprint density at radius 1 is 1.73 bits per heavy atom. The highest BCUT2D eigenvalue weighted by atomic mass is 32.2. The third kappa shape index (κ3) is 2.53. The maximum atomic E-state index is 11.8. The third-order valence-corrected chi connectivity index (χ3v) is 3.79. The first kappa shape index (κ1) is 10.5. The predicted molar refractivity (Wildman–Crippen MR) is 61.1 cm³/mol. The number of carbonyl (C=O) groups is 1. The largest absolute Gasteiger partial charge is 0.348 e. The molecule has 2 N–H and O–H groups in total. The Labute approximate surface area is 93.2 Å². The van der Waals surface area contributed by atoms with Gasteiger partial charge >= 0.3 is 0 Å². The highest BCUT2D eigenvalue weighted by molar-refractivity contribution is 7.99. The van der Waals surface area contributed by atoms with Gasteiger partial charge in [0.15, 0.2) is 0 Å². The van der Waals surface area contributed by atoms with E-state index in [2.05, 4.69) is 15.5 Å². The van der Waals surface area contributed by atoms with Crippen LogP contribution in [-0.2, 0) is 0 Å². The van der Waals surface area contributed by atoms with Crippen molar-refractivity contribution in [2.75, 3.05) is 11.5 Å². The highest BCUT2D eigenvalue weighted by Gasteiger charge is 2.18. The monoisotopic (exact) mass is 225 g/mol. The summed E-state index contributed by atoms with van der Waals surface area (Å²) in [5.74, 6) is 2.24. The van der Waals surface area contributed by atoms with E-state index < -0.39 is 0 Å². The van der Waals surface area contributed by atoms with E-state index in [1.807, 2.05) is 18.7 Å². The lowest BCUT2D eigenvalue weighted by atomic mass is 10.1. The molecule has 4 nitrogen and oxygen atoms in total. The van der Waals surface area contributed by atoms with Gasteiger partial charge in [0.05, 0.1) is 11.8 Å². The number of rotatable bonds is 2. The van der Waals surface area contributed by atoms with Crippen LogP contribution in [0.4, 0.5) is 0 Å². The molecule has 2 rings (SSSR count). The molecule has 1 unspecified atom stereocenters. The van der Waals surface area contributed by atoms with Crippen molar-refractivity contribution >= 4 is 17.7 Å². The van der Waals surface area contributed by atoms with Gasteiger partial charge in [0.2, 0.25) is 0 Å². The fourth-order valence-corrected chi connectivity index (χ4v) is 2.77. The number of thioether (sulfide) groups is 1. The van der Waals surface area contributed by atoms with Crippen LogP contribution in [0.5, 0.6) is 0 Å². The molecule has 1 amide bonds. The number of carbonyl (C=O) groups excluding carboxylic acids is 1. The number of H-pyrrole nitrogens is 1.